The minimum Gasteiger partial charge on any atom is -0.377 e. The average Bonchev–Trinajstić information content (AvgIpc) is 2.35. The van der Waals surface area contributed by atoms with Gasteiger partial charge >= 0.3 is 26.7 Å². The molecule has 0 amide bonds. The van der Waals surface area contributed by atoms with Crippen LogP contribution in [0.2, 0.25) is 6.55 Å². The Morgan fingerprint density at radius 1 is 1.00 bits per heavy atom. The second-order valence-corrected chi connectivity index (χ2v) is 6.00. The first kappa shape index (κ1) is 12.9. The van der Waals surface area contributed by atoms with E-state index in [9.17, 15) is 19.5 Å². The van der Waals surface area contributed by atoms with Crippen molar-refractivity contribution in [3.8, 4) is 0 Å². The molecular weight excluding hydrogens is 272 g/mol. The van der Waals surface area contributed by atoms with Gasteiger partial charge in [0.2, 0.25) is 0 Å². The molecule has 0 aromatic carbocycles. The lowest BCUT2D eigenvalue weighted by Crippen LogP contribution is -2.44. The topological polar surface area (TPSA) is 127 Å². The van der Waals surface area contributed by atoms with Crippen LogP contribution in [0.4, 0.5) is 0 Å². The molecule has 2 aliphatic rings. The maximum atomic E-state index is 11.5. The van der Waals surface area contributed by atoms with Gasteiger partial charge in [-0.2, -0.15) is 13.7 Å². The predicted octanol–water partition coefficient (Wildman–Crippen LogP) is -1.48. The lowest BCUT2D eigenvalue weighted by molar-refractivity contribution is -0.324. The van der Waals surface area contributed by atoms with Gasteiger partial charge in [0.15, 0.2) is 5.60 Å². The molecule has 0 aliphatic carbocycles. The minimum atomic E-state index is -3.84. The van der Waals surface area contributed by atoms with Crippen LogP contribution in [-0.4, -0.2) is 37.4 Å². The Balaban J connectivity index is 2.39. The van der Waals surface area contributed by atoms with E-state index < -0.39 is 45.2 Å². The van der Waals surface area contributed by atoms with Gasteiger partial charge in [-0.25, -0.2) is 14.4 Å². The molecule has 0 saturated carbocycles. The number of carbonyl (C=O) groups is 3. The summed E-state index contributed by atoms with van der Waals surface area (Å²) in [7, 11) is -3.84. The first-order valence-corrected chi connectivity index (χ1v) is 6.95. The molecule has 2 heterocycles. The molecule has 1 N–H and O–H groups in total. The third kappa shape index (κ3) is 2.49. The van der Waals surface area contributed by atoms with Crippen molar-refractivity contribution >= 4 is 26.7 Å². The predicted molar refractivity (Wildman–Crippen MR) is 47.3 cm³/mol. The highest BCUT2D eigenvalue weighted by Crippen LogP contribution is 2.26. The van der Waals surface area contributed by atoms with Crippen LogP contribution >= 0.6 is 0 Å². The molecule has 2 fully saturated rings. The lowest BCUT2D eigenvalue weighted by atomic mass is 9.96. The van der Waals surface area contributed by atoms with Gasteiger partial charge in [0.25, 0.3) is 0 Å². The second kappa shape index (κ2) is 4.29. The molecule has 2 bridgehead atoms. The summed E-state index contributed by atoms with van der Waals surface area (Å²) < 4.78 is 13.5. The van der Waals surface area contributed by atoms with Crippen LogP contribution in [0, 0.1) is 0 Å². The van der Waals surface area contributed by atoms with Gasteiger partial charge in [-0.15, -0.1) is 0 Å². The van der Waals surface area contributed by atoms with Crippen LogP contribution in [-0.2, 0) is 42.8 Å². The van der Waals surface area contributed by atoms with Crippen LogP contribution in [0.5, 0.6) is 0 Å². The zero-order chi connectivity index (χ0) is 13.4. The number of carbonyl (C=O) groups excluding carboxylic acids is 3. The molecule has 0 atom stereocenters. The van der Waals surface area contributed by atoms with E-state index in [2.05, 4.69) is 28.4 Å². The average molecular weight is 280 g/mol. The van der Waals surface area contributed by atoms with Crippen molar-refractivity contribution in [1.82, 2.24) is 0 Å². The largest absolute Gasteiger partial charge is 0.616 e. The molecule has 10 nitrogen and oxygen atoms in total. The first-order valence-electron chi connectivity index (χ1n) is 4.72. The molecule has 2 rings (SSSR count). The molecular formula is C7H8O10Si. The van der Waals surface area contributed by atoms with Crippen LogP contribution < -0.4 is 0 Å². The number of rotatable bonds is 0. The van der Waals surface area contributed by atoms with E-state index in [-0.39, 0.29) is 0 Å². The second-order valence-electron chi connectivity index (χ2n) is 3.78. The van der Waals surface area contributed by atoms with Gasteiger partial charge in [0, 0.05) is 6.55 Å². The van der Waals surface area contributed by atoms with Gasteiger partial charge in [0.1, 0.15) is 0 Å². The molecule has 0 radical (unpaired) electrons. The van der Waals surface area contributed by atoms with E-state index in [0.717, 1.165) is 6.55 Å². The van der Waals surface area contributed by atoms with Crippen LogP contribution in [0.3, 0.4) is 0 Å². The van der Waals surface area contributed by atoms with Gasteiger partial charge in [0.05, 0.1) is 12.8 Å². The molecule has 11 heteroatoms. The first-order chi connectivity index (χ1) is 8.33. The van der Waals surface area contributed by atoms with Crippen molar-refractivity contribution in [2.75, 3.05) is 0 Å². The summed E-state index contributed by atoms with van der Waals surface area (Å²) in [5.41, 5.74) is -2.47. The van der Waals surface area contributed by atoms with Gasteiger partial charge in [-0.1, -0.05) is 0 Å². The van der Waals surface area contributed by atoms with E-state index in [1.54, 1.807) is 0 Å². The van der Waals surface area contributed by atoms with Crippen molar-refractivity contribution in [3.63, 3.8) is 0 Å². The lowest BCUT2D eigenvalue weighted by Gasteiger charge is -2.20. The standard InChI is InChI=1S/C7H8O10Si/c1-18-15-12-4(8)2-7(11,6(10)14-17-18)3-5(9)13-16-18/h11H,2-3H2,1H3. The van der Waals surface area contributed by atoms with Crippen molar-refractivity contribution in [1.29, 1.82) is 0 Å². The summed E-state index contributed by atoms with van der Waals surface area (Å²) in [6.45, 7) is 1.14. The molecule has 2 aliphatic heterocycles. The Bertz CT molecular complexity index is 383. The molecule has 0 aromatic rings. The fraction of sp³-hybridized carbons (Fsp3) is 0.571. The van der Waals surface area contributed by atoms with Crippen molar-refractivity contribution in [3.05, 3.63) is 0 Å². The molecule has 0 unspecified atom stereocenters. The Hall–Kier alpha value is -1.53. The number of hydrogen-bond acceptors (Lipinski definition) is 10. The normalized spacial score (nSPS) is 37.3. The van der Waals surface area contributed by atoms with Crippen LogP contribution in [0.15, 0.2) is 0 Å². The third-order valence-corrected chi connectivity index (χ3v) is 3.25. The van der Waals surface area contributed by atoms with Crippen LogP contribution in [0.25, 0.3) is 0 Å². The van der Waals surface area contributed by atoms with E-state index in [4.69, 9.17) is 0 Å². The molecule has 2 saturated heterocycles. The number of fused-ring (bicyclic) bond motifs is 4. The Morgan fingerprint density at radius 2 is 1.44 bits per heavy atom. The number of aliphatic hydroxyl groups is 1. The van der Waals surface area contributed by atoms with E-state index in [1.807, 2.05) is 0 Å². The summed E-state index contributed by atoms with van der Waals surface area (Å²) in [6.07, 6.45) is -1.70. The summed E-state index contributed by atoms with van der Waals surface area (Å²) in [5, 5.41) is 9.89. The zero-order valence-corrected chi connectivity index (χ0v) is 10.0. The van der Waals surface area contributed by atoms with Crippen molar-refractivity contribution in [2.45, 2.75) is 25.0 Å². The van der Waals surface area contributed by atoms with E-state index >= 15 is 0 Å². The highest BCUT2D eigenvalue weighted by molar-refractivity contribution is 6.58. The van der Waals surface area contributed by atoms with Crippen molar-refractivity contribution in [2.24, 2.45) is 0 Å². The Kier molecular flexibility index (Phi) is 3.08. The van der Waals surface area contributed by atoms with Crippen LogP contribution in [0.1, 0.15) is 12.8 Å². The molecule has 18 heavy (non-hydrogen) atoms. The van der Waals surface area contributed by atoms with Gasteiger partial charge in [-0.3, -0.25) is 0 Å². The summed E-state index contributed by atoms with van der Waals surface area (Å²) in [4.78, 5) is 46.9. The quantitative estimate of drug-likeness (QED) is 0.414. The smallest absolute Gasteiger partial charge is 0.377 e. The zero-order valence-electron chi connectivity index (χ0n) is 9.04. The summed E-state index contributed by atoms with van der Waals surface area (Å²) in [5.74, 6) is -3.51. The fourth-order valence-corrected chi connectivity index (χ4v) is 2.02. The molecule has 0 aromatic heterocycles. The fourth-order valence-electron chi connectivity index (χ4n) is 1.22. The van der Waals surface area contributed by atoms with E-state index in [1.165, 1.54) is 0 Å². The summed E-state index contributed by atoms with van der Waals surface area (Å²) >= 11 is 0. The van der Waals surface area contributed by atoms with Crippen molar-refractivity contribution < 1.29 is 47.9 Å². The maximum Gasteiger partial charge on any atom is 0.616 e. The third-order valence-electron chi connectivity index (χ3n) is 2.09. The highest BCUT2D eigenvalue weighted by atomic mass is 28.4. The monoisotopic (exact) mass is 280 g/mol. The molecule has 100 valence electrons. The highest BCUT2D eigenvalue weighted by Gasteiger charge is 2.53. The van der Waals surface area contributed by atoms with Gasteiger partial charge < -0.3 is 19.8 Å². The maximum absolute atomic E-state index is 11.5. The Morgan fingerprint density at radius 3 is 1.94 bits per heavy atom. The summed E-state index contributed by atoms with van der Waals surface area (Å²) in [6, 6.07) is 0. The van der Waals surface area contributed by atoms with Gasteiger partial charge in [-0.05, 0) is 0 Å². The minimum absolute atomic E-state index is 0.852. The van der Waals surface area contributed by atoms with E-state index in [0.29, 0.717) is 0 Å². The Labute approximate surface area is 100 Å². The molecule has 0 spiro atoms. The SMILES string of the molecule is C[Si]12OOC(=O)CC(O)(CC(=O)OO1)C(=O)OO2. The number of hydrogen-bond donors (Lipinski definition) is 1.